The minimum Gasteiger partial charge on any atom is -0.507 e. The number of nitrogens with two attached hydrogens (primary N) is 1. The predicted molar refractivity (Wildman–Crippen MR) is 475 cm³/mol. The van der Waals surface area contributed by atoms with E-state index in [0.717, 1.165) is 89.2 Å². The summed E-state index contributed by atoms with van der Waals surface area (Å²) >= 11 is 0. The van der Waals surface area contributed by atoms with Crippen molar-refractivity contribution in [1.82, 2.24) is 0 Å². The molecule has 12 aromatic carbocycles. The van der Waals surface area contributed by atoms with Crippen molar-refractivity contribution in [1.29, 1.82) is 5.41 Å². The minimum atomic E-state index is -5.79. The average Bonchev–Trinajstić information content (AvgIpc) is 0.750. The number of hydrogen-bond acceptors (Lipinski definition) is 20. The van der Waals surface area contributed by atoms with Gasteiger partial charge in [0.15, 0.2) is 11.5 Å². The molecule has 0 unspecified atom stereocenters. The van der Waals surface area contributed by atoms with Gasteiger partial charge in [0, 0.05) is 57.6 Å². The minimum absolute atomic E-state index is 0.0140. The zero-order valence-corrected chi connectivity index (χ0v) is 68.2. The van der Waals surface area contributed by atoms with Crippen molar-refractivity contribution in [3.05, 3.63) is 419 Å². The molecule has 0 fully saturated rings. The van der Waals surface area contributed by atoms with Crippen molar-refractivity contribution >= 4 is 117 Å². The molecule has 122 heavy (non-hydrogen) atoms. The fraction of sp³-hybridized carbons (Fsp3) is 0.0825. The lowest BCUT2D eigenvalue weighted by Gasteiger charge is -2.28. The van der Waals surface area contributed by atoms with Crippen LogP contribution in [0, 0.1) is 33.1 Å². The Hall–Kier alpha value is -15.0. The number of anilines is 1. The number of aryl methyl sites for hydroxylation is 4. The van der Waals surface area contributed by atoms with E-state index in [1.165, 1.54) is 62.4 Å². The number of Topliss-reactive ketones (excluding diaryl/α,β-unsaturated/α-hetero) is 1. The topological polar surface area (TPSA) is 330 Å². The molecule has 0 spiro atoms. The van der Waals surface area contributed by atoms with E-state index in [2.05, 4.69) is 40.6 Å². The number of nitrogen functional groups attached to an aromatic ring is 1. The monoisotopic (exact) mass is 1680 g/mol. The van der Waals surface area contributed by atoms with Crippen molar-refractivity contribution in [2.75, 3.05) is 12.3 Å². The van der Waals surface area contributed by atoms with Gasteiger partial charge in [0.2, 0.25) is 0 Å². The summed E-state index contributed by atoms with van der Waals surface area (Å²) in [6, 6.07) is 99.3. The Morgan fingerprint density at radius 3 is 1.17 bits per heavy atom. The molecular weight excluding hydrogens is 1600 g/mol. The van der Waals surface area contributed by atoms with Crippen LogP contribution in [0.4, 0.5) is 24.5 Å². The molecule has 16 rings (SSSR count). The van der Waals surface area contributed by atoms with Crippen LogP contribution < -0.4 is 48.3 Å². The molecule has 0 aliphatic carbocycles. The molecule has 0 saturated carbocycles. The highest BCUT2D eigenvalue weighted by Gasteiger charge is 2.49. The normalized spacial score (nSPS) is 10.8. The van der Waals surface area contributed by atoms with Gasteiger partial charge in [-0.2, -0.15) is 21.6 Å². The zero-order chi connectivity index (χ0) is 87.7. The van der Waals surface area contributed by atoms with Crippen molar-refractivity contribution in [3.8, 4) is 23.0 Å². The summed E-state index contributed by atoms with van der Waals surface area (Å²) in [5.74, 6) is 0.402. The van der Waals surface area contributed by atoms with Crippen LogP contribution in [0.5, 0.6) is 23.0 Å². The number of ketones is 1. The summed E-state index contributed by atoms with van der Waals surface area (Å²) in [4.78, 5) is 73.1. The second-order valence-electron chi connectivity index (χ2n) is 26.8. The van der Waals surface area contributed by atoms with Crippen molar-refractivity contribution in [2.45, 2.75) is 47.1 Å². The first-order chi connectivity index (χ1) is 58.5. The molecule has 25 heteroatoms. The molecule has 0 radical (unpaired) electrons. The number of nitrogens with one attached hydrogen (secondary N) is 1. The number of benzene rings is 12. The van der Waals surface area contributed by atoms with E-state index in [0.29, 0.717) is 40.1 Å². The van der Waals surface area contributed by atoms with Crippen molar-refractivity contribution in [2.24, 2.45) is 4.99 Å². The number of carbonyl (C=O) groups excluding carboxylic acids is 2. The maximum atomic E-state index is 12.5. The summed E-state index contributed by atoms with van der Waals surface area (Å²) in [6.07, 6.45) is 0. The van der Waals surface area contributed by atoms with E-state index in [-0.39, 0.29) is 62.3 Å². The fourth-order valence-corrected chi connectivity index (χ4v) is 16.9. The molecule has 0 saturated heterocycles. The zero-order valence-electron chi connectivity index (χ0n) is 66.5. The molecule has 0 atom stereocenters. The quantitative estimate of drug-likeness (QED) is 0.0105. The Kier molecular flexibility index (Phi) is 30.3. The summed E-state index contributed by atoms with van der Waals surface area (Å²) in [7, 11) is -5.79. The highest BCUT2D eigenvalue weighted by Crippen LogP contribution is 2.44. The number of carbonyl (C=O) groups is 2. The standard InChI is InChI=1S/C23H17NO2.C22H21O2P.C13H11N.C11H7F3O5S.C10H9NO2.C10H8O3.C8H8O3/c1-16-15-21(25)26-20-14-8-13-19(22(16)20)24-23(17-9-4-2-5-10-17)18-11-6-3-7-12-18;1-2-24-22(23)18-25(19-12-6-3-7-13-19,20-14-8-4-9-15-20)21-16-10-5-11-17-21;14-13(11-7-3-1-4-8-11)12-9-5-2-6-10-12;1-6-5-9(15)18-7-3-2-4-8(10(6)7)19-20(16,17)11(12,13)14;2*1-6-5-9(12)13-8-4-2-3-7(11)10(6)8;1-5(9)8-6(10)3-2-4-7(8)11/h2-15H,1H3;3-18H,2H2,1H3;1-10,14H;2-5H,1H3;2-5H,11H2,1H3;2-5,11H,1H3;2-4,10-11H,1H3. The third-order valence-electron chi connectivity index (χ3n) is 18.2. The van der Waals surface area contributed by atoms with Gasteiger partial charge in [0.1, 0.15) is 45.1 Å². The first-order valence-electron chi connectivity index (χ1n) is 37.6. The summed E-state index contributed by atoms with van der Waals surface area (Å²) < 4.78 is 88.3. The fourth-order valence-electron chi connectivity index (χ4n) is 12.8. The van der Waals surface area contributed by atoms with Crippen LogP contribution in [0.3, 0.4) is 0 Å². The molecule has 6 N–H and O–H groups in total. The predicted octanol–water partition coefficient (Wildman–Crippen LogP) is 18.8. The molecule has 16 aromatic rings. The van der Waals surface area contributed by atoms with Crippen LogP contribution in [0.1, 0.15) is 68.7 Å². The molecular formula is C97H81F3N3O17PS. The Morgan fingerprint density at radius 1 is 0.443 bits per heavy atom. The molecule has 20 nitrogen and oxygen atoms in total. The van der Waals surface area contributed by atoms with Crippen LogP contribution in [-0.2, 0) is 19.6 Å². The Balaban J connectivity index is 0.000000153. The van der Waals surface area contributed by atoms with Crippen molar-refractivity contribution < 1.29 is 73.1 Å². The lowest BCUT2D eigenvalue weighted by atomic mass is 10.0. The van der Waals surface area contributed by atoms with Crippen molar-refractivity contribution in [3.63, 3.8) is 0 Å². The first-order valence-corrected chi connectivity index (χ1v) is 40.8. The second-order valence-corrected chi connectivity index (χ2v) is 31.6. The number of rotatable bonds is 13. The number of ether oxygens (including phenoxy) is 1. The van der Waals surface area contributed by atoms with E-state index in [4.69, 9.17) is 48.8 Å². The number of aliphatic imine (C=N–C) groups is 1. The molecule has 0 bridgehead atoms. The van der Waals surface area contributed by atoms with Crippen LogP contribution >= 0.6 is 6.89 Å². The third-order valence-corrected chi connectivity index (χ3v) is 23.1. The van der Waals surface area contributed by atoms with Gasteiger partial charge in [-0.3, -0.25) is 10.2 Å². The maximum Gasteiger partial charge on any atom is 0.534 e. The SMILES string of the molecule is CC(=O)c1c(O)cccc1O.CCOC(=O)C=P(c1ccccc1)(c1ccccc1)c1ccccc1.Cc1cc(=O)oc2cccc(N)c12.Cc1cc(=O)oc2cccc(N=C(c3ccccc3)c3ccccc3)c12.Cc1cc(=O)oc2cccc(O)c12.Cc1cc(=O)oc2cccc(OS(=O)(=O)C(F)(F)F)c12.N=C(c1ccccc1)c1ccccc1. The number of halogens is 3. The molecule has 618 valence electrons. The van der Waals surface area contributed by atoms with Gasteiger partial charge in [-0.1, -0.05) is 243 Å². The van der Waals surface area contributed by atoms with Gasteiger partial charge in [-0.15, -0.1) is 0 Å². The molecule has 0 aliphatic heterocycles. The van der Waals surface area contributed by atoms with Gasteiger partial charge in [-0.05, 0) is 158 Å². The first kappa shape index (κ1) is 89.3. The third kappa shape index (κ3) is 22.8. The lowest BCUT2D eigenvalue weighted by Crippen LogP contribution is -2.29. The Labute approximate surface area is 698 Å². The van der Waals surface area contributed by atoms with Crippen LogP contribution in [0.25, 0.3) is 43.9 Å². The van der Waals surface area contributed by atoms with E-state index in [1.807, 2.05) is 209 Å². The average molecular weight is 1680 g/mol. The second kappa shape index (κ2) is 41.4. The number of nitrogens with zero attached hydrogens (tertiary/aromatic N) is 1. The van der Waals surface area contributed by atoms with Gasteiger partial charge < -0.3 is 47.6 Å². The number of esters is 1. The van der Waals surface area contributed by atoms with Gasteiger partial charge >= 0.3 is 44.1 Å². The van der Waals surface area contributed by atoms with E-state index in [1.54, 1.807) is 55.2 Å². The molecule has 4 heterocycles. The number of phenolic OH excluding ortho intramolecular Hbond substituents is 3. The van der Waals surface area contributed by atoms with E-state index >= 15 is 0 Å². The van der Waals surface area contributed by atoms with Crippen LogP contribution in [-0.4, -0.2) is 64.8 Å². The van der Waals surface area contributed by atoms with Crippen LogP contribution in [0.15, 0.2) is 369 Å². The van der Waals surface area contributed by atoms with E-state index in [9.17, 15) is 55.5 Å². The summed E-state index contributed by atoms with van der Waals surface area (Å²) in [5, 5.41) is 41.3. The van der Waals surface area contributed by atoms with Crippen LogP contribution in [0.2, 0.25) is 0 Å². The maximum absolute atomic E-state index is 12.5. The Morgan fingerprint density at radius 2 is 0.770 bits per heavy atom. The summed E-state index contributed by atoms with van der Waals surface area (Å²) in [5.41, 5.74) is 9.39. The smallest absolute Gasteiger partial charge is 0.507 e. The highest BCUT2D eigenvalue weighted by atomic mass is 32.2. The number of fused-ring (bicyclic) bond motifs is 4. The summed E-state index contributed by atoms with van der Waals surface area (Å²) in [6.45, 7) is 8.18. The van der Waals surface area contributed by atoms with Gasteiger partial charge in [-0.25, -0.2) is 29.0 Å². The number of alkyl halides is 3. The lowest BCUT2D eigenvalue weighted by molar-refractivity contribution is -0.134. The highest BCUT2D eigenvalue weighted by molar-refractivity contribution is 7.95. The number of phenols is 3. The van der Waals surface area contributed by atoms with Gasteiger partial charge in [0.25, 0.3) is 0 Å². The largest absolute Gasteiger partial charge is 0.534 e. The Bertz CT molecular complexity index is 6530. The van der Waals surface area contributed by atoms with E-state index < -0.39 is 39.5 Å². The molecule has 0 aliphatic rings. The van der Waals surface area contributed by atoms with Gasteiger partial charge in [0.05, 0.1) is 34.5 Å². The molecule has 0 amide bonds. The number of hydrogen-bond donors (Lipinski definition) is 5. The molecule has 4 aromatic heterocycles. The number of aromatic hydroxyl groups is 3.